The number of hydrogen-bond donors (Lipinski definition) is 0. The summed E-state index contributed by atoms with van der Waals surface area (Å²) in [7, 11) is 3.42. The summed E-state index contributed by atoms with van der Waals surface area (Å²) in [4.78, 5) is 10.4. The Labute approximate surface area is 58.9 Å². The predicted molar refractivity (Wildman–Crippen MR) is 37.2 cm³/mol. The lowest BCUT2D eigenvalue weighted by Gasteiger charge is -1.87. The van der Waals surface area contributed by atoms with Gasteiger partial charge in [-0.2, -0.15) is 0 Å². The van der Waals surface area contributed by atoms with Crippen molar-refractivity contribution in [1.29, 1.82) is 0 Å². The van der Waals surface area contributed by atoms with E-state index in [0.717, 1.165) is 6.08 Å². The average Bonchev–Trinajstić information content (AvgIpc) is 1.85. The first-order chi connectivity index (χ1) is 4.66. The van der Waals surface area contributed by atoms with Gasteiger partial charge >= 0.3 is 12.4 Å². The Morgan fingerprint density at radius 2 is 2.30 bits per heavy atom. The van der Waals surface area contributed by atoms with Crippen LogP contribution in [0.25, 0.3) is 5.41 Å². The molecule has 0 bridgehead atoms. The summed E-state index contributed by atoms with van der Waals surface area (Å²) in [5.41, 5.74) is 0. The molecule has 0 saturated heterocycles. The normalized spacial score (nSPS) is 7.40. The van der Waals surface area contributed by atoms with Crippen LogP contribution in [0.5, 0.6) is 0 Å². The van der Waals surface area contributed by atoms with Crippen molar-refractivity contribution in [3.05, 3.63) is 11.5 Å². The molecule has 4 nitrogen and oxygen atoms in total. The van der Waals surface area contributed by atoms with Gasteiger partial charge in [0.1, 0.15) is 14.1 Å². The third-order valence-electron chi connectivity index (χ3n) is 0.562. The Morgan fingerprint density at radius 3 is 2.70 bits per heavy atom. The maximum atomic E-state index is 10.4. The minimum atomic E-state index is -0.656. The molecule has 0 amide bonds. The molecule has 0 rings (SSSR count). The maximum Gasteiger partial charge on any atom is 0.345 e. The second-order valence-electron chi connectivity index (χ2n) is 1.78. The van der Waals surface area contributed by atoms with Gasteiger partial charge in [0.2, 0.25) is 0 Å². The van der Waals surface area contributed by atoms with Crippen LogP contribution in [0.2, 0.25) is 0 Å². The Bertz CT molecular complexity index is 198. The first kappa shape index (κ1) is 8.59. The SMILES string of the molecule is C[N+](C)=COC(=O)C=C=[N-]. The lowest BCUT2D eigenvalue weighted by Crippen LogP contribution is -2.06. The van der Waals surface area contributed by atoms with Crippen molar-refractivity contribution in [3.63, 3.8) is 0 Å². The summed E-state index contributed by atoms with van der Waals surface area (Å²) >= 11 is 0. The summed E-state index contributed by atoms with van der Waals surface area (Å²) in [6.45, 7) is 0. The van der Waals surface area contributed by atoms with E-state index in [-0.39, 0.29) is 0 Å². The quantitative estimate of drug-likeness (QED) is 0.173. The van der Waals surface area contributed by atoms with Gasteiger partial charge in [-0.3, -0.25) is 5.87 Å². The summed E-state index contributed by atoms with van der Waals surface area (Å²) in [6, 6.07) is 0. The molecule has 0 spiro atoms. The highest BCUT2D eigenvalue weighted by atomic mass is 16.5. The Morgan fingerprint density at radius 1 is 1.70 bits per heavy atom. The summed E-state index contributed by atoms with van der Waals surface area (Å²) in [5, 5.41) is 7.97. The number of nitrogens with zero attached hydrogens (tertiary/aromatic N) is 2. The van der Waals surface area contributed by atoms with E-state index >= 15 is 0 Å². The molecule has 54 valence electrons. The number of rotatable bonds is 2. The topological polar surface area (TPSA) is 51.6 Å². The number of esters is 1. The van der Waals surface area contributed by atoms with Gasteiger partial charge in [0.25, 0.3) is 0 Å². The Balaban J connectivity index is 3.82. The van der Waals surface area contributed by atoms with E-state index in [4.69, 9.17) is 5.41 Å². The third kappa shape index (κ3) is 4.74. The van der Waals surface area contributed by atoms with E-state index in [2.05, 4.69) is 4.74 Å². The van der Waals surface area contributed by atoms with Crippen molar-refractivity contribution in [2.45, 2.75) is 0 Å². The lowest BCUT2D eigenvalue weighted by atomic mass is 10.6. The Hall–Kier alpha value is -1.41. The van der Waals surface area contributed by atoms with E-state index < -0.39 is 5.97 Å². The molecular formula is C6H8N2O2. The van der Waals surface area contributed by atoms with Crippen molar-refractivity contribution >= 4 is 18.2 Å². The molecule has 0 aliphatic rings. The number of hydrogen-bond acceptors (Lipinski definition) is 2. The molecule has 0 radical (unpaired) electrons. The fourth-order valence-electron chi connectivity index (χ4n) is 0.244. The van der Waals surface area contributed by atoms with Gasteiger partial charge in [-0.05, 0) is 0 Å². The Kier molecular flexibility index (Phi) is 3.84. The van der Waals surface area contributed by atoms with Crippen LogP contribution in [0, 0.1) is 0 Å². The van der Waals surface area contributed by atoms with Crippen LogP contribution in [-0.2, 0) is 9.53 Å². The zero-order valence-electron chi connectivity index (χ0n) is 5.87. The molecule has 0 aliphatic heterocycles. The molecule has 4 heteroatoms. The predicted octanol–water partition coefficient (Wildman–Crippen LogP) is -0.375. The molecule has 0 fully saturated rings. The van der Waals surface area contributed by atoms with E-state index in [9.17, 15) is 4.79 Å². The maximum absolute atomic E-state index is 10.4. The fourth-order valence-corrected chi connectivity index (χ4v) is 0.244. The monoisotopic (exact) mass is 140 g/mol. The first-order valence-corrected chi connectivity index (χ1v) is 2.60. The van der Waals surface area contributed by atoms with Crippen LogP contribution in [0.1, 0.15) is 0 Å². The van der Waals surface area contributed by atoms with Gasteiger partial charge in [-0.25, -0.2) is 9.37 Å². The summed E-state index contributed by atoms with van der Waals surface area (Å²) in [6.07, 6.45) is 2.01. The van der Waals surface area contributed by atoms with Crippen LogP contribution in [0.4, 0.5) is 0 Å². The zero-order chi connectivity index (χ0) is 7.98. The largest absolute Gasteiger partial charge is 0.763 e. The van der Waals surface area contributed by atoms with Gasteiger partial charge in [-0.1, -0.05) is 0 Å². The minimum Gasteiger partial charge on any atom is -0.763 e. The van der Waals surface area contributed by atoms with Gasteiger partial charge in [0.05, 0.1) is 0 Å². The van der Waals surface area contributed by atoms with Crippen molar-refractivity contribution in [1.82, 2.24) is 0 Å². The second-order valence-corrected chi connectivity index (χ2v) is 1.78. The van der Waals surface area contributed by atoms with Gasteiger partial charge < -0.3 is 10.1 Å². The van der Waals surface area contributed by atoms with Crippen LogP contribution in [0.15, 0.2) is 6.08 Å². The van der Waals surface area contributed by atoms with Crippen molar-refractivity contribution in [3.8, 4) is 0 Å². The lowest BCUT2D eigenvalue weighted by molar-refractivity contribution is -0.466. The molecule has 0 aromatic rings. The van der Waals surface area contributed by atoms with Crippen molar-refractivity contribution < 1.29 is 14.1 Å². The highest BCUT2D eigenvalue weighted by molar-refractivity contribution is 5.94. The standard InChI is InChI=1S/C6H8N2O2/c1-8(2)5-10-6(9)3-4-7/h3,5H,1-2H3. The summed E-state index contributed by atoms with van der Waals surface area (Å²) in [5.74, 6) is 0.897. The van der Waals surface area contributed by atoms with E-state index in [1.807, 2.05) is 0 Å². The molecule has 0 aromatic heterocycles. The average molecular weight is 140 g/mol. The van der Waals surface area contributed by atoms with E-state index in [1.165, 1.54) is 6.40 Å². The van der Waals surface area contributed by atoms with Crippen LogP contribution in [-0.4, -0.2) is 36.9 Å². The van der Waals surface area contributed by atoms with E-state index in [1.54, 1.807) is 24.5 Å². The minimum absolute atomic E-state index is 0.656. The smallest absolute Gasteiger partial charge is 0.345 e. The van der Waals surface area contributed by atoms with Crippen molar-refractivity contribution in [2.75, 3.05) is 14.1 Å². The van der Waals surface area contributed by atoms with Crippen molar-refractivity contribution in [2.24, 2.45) is 0 Å². The molecule has 0 saturated carbocycles. The molecule has 0 unspecified atom stereocenters. The van der Waals surface area contributed by atoms with Crippen LogP contribution < -0.4 is 0 Å². The van der Waals surface area contributed by atoms with Gasteiger partial charge in [-0.15, -0.1) is 0 Å². The molecular weight excluding hydrogens is 132 g/mol. The zero-order valence-corrected chi connectivity index (χ0v) is 5.87. The highest BCUT2D eigenvalue weighted by Crippen LogP contribution is 1.71. The van der Waals surface area contributed by atoms with Gasteiger partial charge in [0, 0.05) is 6.08 Å². The molecule has 0 N–H and O–H groups in total. The third-order valence-corrected chi connectivity index (χ3v) is 0.562. The molecule has 10 heavy (non-hydrogen) atoms. The summed E-state index contributed by atoms with van der Waals surface area (Å²) < 4.78 is 5.99. The fraction of sp³-hybridized carbons (Fsp3) is 0.333. The molecule has 0 heterocycles. The number of carbonyl (C=O) groups is 1. The first-order valence-electron chi connectivity index (χ1n) is 2.60. The highest BCUT2D eigenvalue weighted by Gasteiger charge is 1.92. The van der Waals surface area contributed by atoms with Gasteiger partial charge in [0.15, 0.2) is 0 Å². The van der Waals surface area contributed by atoms with E-state index in [0.29, 0.717) is 0 Å². The number of carbonyl (C=O) groups excluding carboxylic acids is 1. The molecule has 0 aliphatic carbocycles. The van der Waals surface area contributed by atoms with Crippen LogP contribution >= 0.6 is 0 Å². The molecule has 0 atom stereocenters. The number of ether oxygens (including phenoxy) is 1. The van der Waals surface area contributed by atoms with Crippen LogP contribution in [0.3, 0.4) is 0 Å². The second kappa shape index (κ2) is 4.47. The molecule has 0 aromatic carbocycles.